The summed E-state index contributed by atoms with van der Waals surface area (Å²) >= 11 is 0. The van der Waals surface area contributed by atoms with Crippen molar-refractivity contribution in [2.75, 3.05) is 19.6 Å². The normalized spacial score (nSPS) is 22.8. The van der Waals surface area contributed by atoms with Crippen LogP contribution in [-0.4, -0.2) is 51.4 Å². The molecule has 6 heteroatoms. The molecular formula is C27H36N4O2. The molecule has 2 fully saturated rings. The molecule has 1 aliphatic carbocycles. The Balaban J connectivity index is 1.28. The summed E-state index contributed by atoms with van der Waals surface area (Å²) < 4.78 is 0. The molecule has 0 spiro atoms. The van der Waals surface area contributed by atoms with E-state index in [0.29, 0.717) is 19.1 Å². The second kappa shape index (κ2) is 9.41. The molecule has 0 unspecified atom stereocenters. The minimum atomic E-state index is -0.163. The van der Waals surface area contributed by atoms with Crippen LogP contribution in [0.25, 0.3) is 0 Å². The fraction of sp³-hybridized carbons (Fsp3) is 0.593. The molecule has 3 heterocycles. The van der Waals surface area contributed by atoms with Gasteiger partial charge in [0, 0.05) is 43.7 Å². The van der Waals surface area contributed by atoms with Gasteiger partial charge in [0.2, 0.25) is 5.91 Å². The molecule has 1 saturated carbocycles. The summed E-state index contributed by atoms with van der Waals surface area (Å²) in [5.74, 6) is 0.860. The van der Waals surface area contributed by atoms with Gasteiger partial charge in [-0.3, -0.25) is 14.5 Å². The van der Waals surface area contributed by atoms with Crippen LogP contribution in [0.5, 0.6) is 0 Å². The minimum Gasteiger partial charge on any atom is -0.341 e. The number of likely N-dealkylation sites (tertiary alicyclic amines) is 1. The second-order valence-electron chi connectivity index (χ2n) is 10.3. The summed E-state index contributed by atoms with van der Waals surface area (Å²) in [6, 6.07) is 8.85. The summed E-state index contributed by atoms with van der Waals surface area (Å²) in [6.45, 7) is 7.14. The Labute approximate surface area is 196 Å². The maximum absolute atomic E-state index is 13.2. The quantitative estimate of drug-likeness (QED) is 0.771. The van der Waals surface area contributed by atoms with E-state index in [9.17, 15) is 9.59 Å². The van der Waals surface area contributed by atoms with Gasteiger partial charge in [-0.05, 0) is 45.1 Å². The molecule has 176 valence electrons. The van der Waals surface area contributed by atoms with Gasteiger partial charge in [0.1, 0.15) is 5.82 Å². The van der Waals surface area contributed by atoms with E-state index in [2.05, 4.69) is 28.9 Å². The van der Waals surface area contributed by atoms with Crippen LogP contribution in [0.2, 0.25) is 0 Å². The first kappa shape index (κ1) is 22.3. The smallest absolute Gasteiger partial charge is 0.254 e. The molecule has 1 aromatic heterocycles. The molecule has 5 rings (SSSR count). The fourth-order valence-electron chi connectivity index (χ4n) is 5.89. The highest BCUT2D eigenvalue weighted by Crippen LogP contribution is 2.30. The first-order valence-corrected chi connectivity index (χ1v) is 12.7. The number of aromatic nitrogens is 2. The van der Waals surface area contributed by atoms with Crippen molar-refractivity contribution >= 4 is 5.91 Å². The van der Waals surface area contributed by atoms with E-state index < -0.39 is 0 Å². The first-order chi connectivity index (χ1) is 16.0. The predicted molar refractivity (Wildman–Crippen MR) is 129 cm³/mol. The van der Waals surface area contributed by atoms with E-state index >= 15 is 0 Å². The lowest BCUT2D eigenvalue weighted by molar-refractivity contribution is -0.131. The molecule has 2 aromatic rings. The third-order valence-electron chi connectivity index (χ3n) is 8.05. The molecule has 6 nitrogen and oxygen atoms in total. The van der Waals surface area contributed by atoms with Gasteiger partial charge in [-0.15, -0.1) is 0 Å². The molecule has 0 radical (unpaired) electrons. The standard InChI is InChI=1S/C27H36N4O2/c1-18-8-10-20(11-9-18)19(2)27(33)31-14-12-21(16-31)25-28-24-17-30(22-6-4-3-5-7-22)15-13-23(24)26(32)29-25/h8-11,19,21-22H,3-7,12-17H2,1-2H3,(H,28,29,32)/t19-,21-/m1/s1. The van der Waals surface area contributed by atoms with Crippen molar-refractivity contribution < 1.29 is 4.79 Å². The molecule has 1 aromatic carbocycles. The second-order valence-corrected chi connectivity index (χ2v) is 10.3. The van der Waals surface area contributed by atoms with Gasteiger partial charge in [-0.1, -0.05) is 49.1 Å². The number of carbonyl (C=O) groups excluding carboxylic acids is 1. The van der Waals surface area contributed by atoms with Gasteiger partial charge < -0.3 is 9.88 Å². The van der Waals surface area contributed by atoms with Gasteiger partial charge in [0.15, 0.2) is 0 Å². The Bertz CT molecular complexity index is 1050. The van der Waals surface area contributed by atoms with E-state index in [4.69, 9.17) is 4.98 Å². The van der Waals surface area contributed by atoms with E-state index in [1.807, 2.05) is 24.0 Å². The fourth-order valence-corrected chi connectivity index (χ4v) is 5.89. The van der Waals surface area contributed by atoms with Crippen molar-refractivity contribution in [2.24, 2.45) is 0 Å². The van der Waals surface area contributed by atoms with Gasteiger partial charge in [0.25, 0.3) is 5.56 Å². The monoisotopic (exact) mass is 448 g/mol. The zero-order chi connectivity index (χ0) is 22.9. The minimum absolute atomic E-state index is 0.0242. The van der Waals surface area contributed by atoms with E-state index in [-0.39, 0.29) is 23.3 Å². The zero-order valence-corrected chi connectivity index (χ0v) is 20.0. The van der Waals surface area contributed by atoms with Crippen LogP contribution < -0.4 is 5.56 Å². The Morgan fingerprint density at radius 2 is 1.85 bits per heavy atom. The van der Waals surface area contributed by atoms with Crippen molar-refractivity contribution in [2.45, 2.75) is 83.2 Å². The Kier molecular flexibility index (Phi) is 6.37. The Morgan fingerprint density at radius 3 is 2.61 bits per heavy atom. The first-order valence-electron chi connectivity index (χ1n) is 12.7. The third-order valence-corrected chi connectivity index (χ3v) is 8.05. The van der Waals surface area contributed by atoms with Crippen molar-refractivity contribution in [3.63, 3.8) is 0 Å². The summed E-state index contributed by atoms with van der Waals surface area (Å²) in [7, 11) is 0. The van der Waals surface area contributed by atoms with Crippen molar-refractivity contribution in [1.29, 1.82) is 0 Å². The Hall–Kier alpha value is -2.47. The predicted octanol–water partition coefficient (Wildman–Crippen LogP) is 3.89. The molecule has 33 heavy (non-hydrogen) atoms. The number of rotatable bonds is 4. The maximum Gasteiger partial charge on any atom is 0.254 e. The number of aryl methyl sites for hydroxylation is 1. The molecule has 2 atom stereocenters. The lowest BCUT2D eigenvalue weighted by atomic mass is 9.92. The molecule has 1 saturated heterocycles. The topological polar surface area (TPSA) is 69.3 Å². The van der Waals surface area contributed by atoms with E-state index in [1.165, 1.54) is 37.7 Å². The summed E-state index contributed by atoms with van der Waals surface area (Å²) in [4.78, 5) is 38.6. The molecule has 1 amide bonds. The molecule has 2 aliphatic heterocycles. The van der Waals surface area contributed by atoms with Gasteiger partial charge in [-0.25, -0.2) is 4.98 Å². The number of H-pyrrole nitrogens is 1. The Morgan fingerprint density at radius 1 is 1.09 bits per heavy atom. The van der Waals surface area contributed by atoms with Crippen LogP contribution in [-0.2, 0) is 17.8 Å². The highest BCUT2D eigenvalue weighted by atomic mass is 16.2. The highest BCUT2D eigenvalue weighted by molar-refractivity contribution is 5.83. The number of benzene rings is 1. The molecule has 1 N–H and O–H groups in total. The number of nitrogens with one attached hydrogen (secondary N) is 1. The van der Waals surface area contributed by atoms with E-state index in [0.717, 1.165) is 48.6 Å². The van der Waals surface area contributed by atoms with Crippen molar-refractivity contribution in [3.05, 3.63) is 62.8 Å². The summed E-state index contributed by atoms with van der Waals surface area (Å²) in [5, 5.41) is 0. The third kappa shape index (κ3) is 4.63. The number of hydrogen-bond acceptors (Lipinski definition) is 4. The van der Waals surface area contributed by atoms with Crippen LogP contribution in [0.1, 0.15) is 85.5 Å². The van der Waals surface area contributed by atoms with Gasteiger partial charge >= 0.3 is 0 Å². The van der Waals surface area contributed by atoms with Gasteiger partial charge in [0.05, 0.1) is 11.6 Å². The number of fused-ring (bicyclic) bond motifs is 1. The van der Waals surface area contributed by atoms with E-state index in [1.54, 1.807) is 0 Å². The number of carbonyl (C=O) groups is 1. The highest BCUT2D eigenvalue weighted by Gasteiger charge is 2.33. The summed E-state index contributed by atoms with van der Waals surface area (Å²) in [6.07, 6.45) is 8.15. The average molecular weight is 449 g/mol. The maximum atomic E-state index is 13.2. The lowest BCUT2D eigenvalue weighted by Gasteiger charge is -2.37. The molecule has 0 bridgehead atoms. The van der Waals surface area contributed by atoms with Crippen LogP contribution in [0.3, 0.4) is 0 Å². The largest absolute Gasteiger partial charge is 0.341 e. The number of amides is 1. The lowest BCUT2D eigenvalue weighted by Crippen LogP contribution is -2.42. The number of hydrogen-bond donors (Lipinski definition) is 1. The molecule has 3 aliphatic rings. The van der Waals surface area contributed by atoms with Gasteiger partial charge in [-0.2, -0.15) is 0 Å². The van der Waals surface area contributed by atoms with Crippen LogP contribution in [0.15, 0.2) is 29.1 Å². The number of nitrogens with zero attached hydrogens (tertiary/aromatic N) is 3. The van der Waals surface area contributed by atoms with Crippen LogP contribution in [0.4, 0.5) is 0 Å². The molecular weight excluding hydrogens is 412 g/mol. The summed E-state index contributed by atoms with van der Waals surface area (Å²) in [5.41, 5.74) is 4.10. The number of aromatic amines is 1. The SMILES string of the molecule is Cc1ccc([C@@H](C)C(=O)N2CC[C@@H](c3nc4c(c(=O)[nH]3)CCN(C3CCCCC3)C4)C2)cc1. The van der Waals surface area contributed by atoms with Crippen molar-refractivity contribution in [1.82, 2.24) is 19.8 Å². The van der Waals surface area contributed by atoms with Crippen molar-refractivity contribution in [3.8, 4) is 0 Å². The average Bonchev–Trinajstić information content (AvgIpc) is 3.34. The van der Waals surface area contributed by atoms with Crippen LogP contribution in [0, 0.1) is 6.92 Å². The van der Waals surface area contributed by atoms with Crippen LogP contribution >= 0.6 is 0 Å². The zero-order valence-electron chi connectivity index (χ0n) is 20.0.